The molecule has 4 rings (SSSR count). The molecule has 0 aliphatic carbocycles. The Morgan fingerprint density at radius 1 is 1.22 bits per heavy atom. The Morgan fingerprint density at radius 3 is 2.69 bits per heavy atom. The summed E-state index contributed by atoms with van der Waals surface area (Å²) in [4.78, 5) is 13.1. The van der Waals surface area contributed by atoms with Crippen molar-refractivity contribution in [1.82, 2.24) is 15.1 Å². The Balaban J connectivity index is 1.60. The van der Waals surface area contributed by atoms with Crippen molar-refractivity contribution in [3.05, 3.63) is 76.9 Å². The first kappa shape index (κ1) is 22.0. The van der Waals surface area contributed by atoms with Gasteiger partial charge < -0.3 is 14.8 Å². The SMILES string of the molecule is COc1ccc(C)cc1C1(CNC(=O)c2cnn(-c3ccccc3F)c2C)CCOCC1. The predicted octanol–water partition coefficient (Wildman–Crippen LogP) is 4.12. The summed E-state index contributed by atoms with van der Waals surface area (Å²) in [5.41, 5.74) is 3.26. The third kappa shape index (κ3) is 4.12. The van der Waals surface area contributed by atoms with E-state index in [9.17, 15) is 9.18 Å². The van der Waals surface area contributed by atoms with E-state index in [-0.39, 0.29) is 11.3 Å². The molecule has 0 radical (unpaired) electrons. The van der Waals surface area contributed by atoms with Gasteiger partial charge in [-0.1, -0.05) is 29.8 Å². The zero-order valence-corrected chi connectivity index (χ0v) is 18.7. The molecule has 7 heteroatoms. The number of nitrogens with one attached hydrogen (secondary N) is 1. The van der Waals surface area contributed by atoms with Gasteiger partial charge in [0.1, 0.15) is 17.3 Å². The predicted molar refractivity (Wildman–Crippen MR) is 120 cm³/mol. The van der Waals surface area contributed by atoms with Gasteiger partial charge in [-0.25, -0.2) is 9.07 Å². The number of ether oxygens (including phenoxy) is 2. The summed E-state index contributed by atoms with van der Waals surface area (Å²) in [6.45, 7) is 5.50. The van der Waals surface area contributed by atoms with Gasteiger partial charge in [0.05, 0.1) is 24.6 Å². The largest absolute Gasteiger partial charge is 0.496 e. The smallest absolute Gasteiger partial charge is 0.254 e. The van der Waals surface area contributed by atoms with Crippen molar-refractivity contribution in [2.45, 2.75) is 32.1 Å². The van der Waals surface area contributed by atoms with Crippen molar-refractivity contribution >= 4 is 5.91 Å². The van der Waals surface area contributed by atoms with Crippen molar-refractivity contribution in [2.75, 3.05) is 26.9 Å². The molecule has 0 bridgehead atoms. The Morgan fingerprint density at radius 2 is 1.97 bits per heavy atom. The number of hydrogen-bond donors (Lipinski definition) is 1. The van der Waals surface area contributed by atoms with Crippen LogP contribution < -0.4 is 10.1 Å². The summed E-state index contributed by atoms with van der Waals surface area (Å²) in [7, 11) is 1.67. The van der Waals surface area contributed by atoms with Gasteiger partial charge in [-0.2, -0.15) is 5.10 Å². The molecule has 1 N–H and O–H groups in total. The monoisotopic (exact) mass is 437 g/mol. The number of hydrogen-bond acceptors (Lipinski definition) is 4. The van der Waals surface area contributed by atoms with Crippen molar-refractivity contribution in [3.63, 3.8) is 0 Å². The van der Waals surface area contributed by atoms with Gasteiger partial charge in [-0.3, -0.25) is 4.79 Å². The molecule has 3 aromatic rings. The molecule has 1 aromatic heterocycles. The number of carbonyl (C=O) groups excluding carboxylic acids is 1. The molecule has 2 aromatic carbocycles. The molecule has 1 saturated heterocycles. The quantitative estimate of drug-likeness (QED) is 0.630. The standard InChI is InChI=1S/C25H28FN3O3/c1-17-8-9-23(31-3)20(14-17)25(10-12-32-13-11-25)16-27-24(30)19-15-28-29(18(19)2)22-7-5-4-6-21(22)26/h4-9,14-15H,10-13,16H2,1-3H3,(H,27,30). The second-order valence-electron chi connectivity index (χ2n) is 8.29. The van der Waals surface area contributed by atoms with E-state index in [1.165, 1.54) is 16.9 Å². The van der Waals surface area contributed by atoms with Gasteiger partial charge in [-0.15, -0.1) is 0 Å². The van der Waals surface area contributed by atoms with Crippen LogP contribution in [0.5, 0.6) is 5.75 Å². The zero-order chi connectivity index (χ0) is 22.7. The van der Waals surface area contributed by atoms with Crippen LogP contribution in [0, 0.1) is 19.7 Å². The van der Waals surface area contributed by atoms with E-state index >= 15 is 0 Å². The van der Waals surface area contributed by atoms with Gasteiger partial charge in [0, 0.05) is 30.7 Å². The van der Waals surface area contributed by atoms with E-state index in [1.807, 2.05) is 12.1 Å². The molecule has 1 aliphatic heterocycles. The topological polar surface area (TPSA) is 65.4 Å². The first-order chi connectivity index (χ1) is 15.4. The fourth-order valence-electron chi connectivity index (χ4n) is 4.38. The number of halogens is 1. The number of nitrogens with zero attached hydrogens (tertiary/aromatic N) is 2. The second kappa shape index (κ2) is 9.12. The summed E-state index contributed by atoms with van der Waals surface area (Å²) >= 11 is 0. The van der Waals surface area contributed by atoms with E-state index < -0.39 is 5.82 Å². The highest BCUT2D eigenvalue weighted by molar-refractivity contribution is 5.95. The summed E-state index contributed by atoms with van der Waals surface area (Å²) in [5, 5.41) is 7.35. The molecule has 1 amide bonds. The van der Waals surface area contributed by atoms with Crippen molar-refractivity contribution in [2.24, 2.45) is 0 Å². The minimum absolute atomic E-state index is 0.234. The maximum Gasteiger partial charge on any atom is 0.254 e. The van der Waals surface area contributed by atoms with Crippen molar-refractivity contribution in [3.8, 4) is 11.4 Å². The molecule has 2 heterocycles. The highest BCUT2D eigenvalue weighted by Crippen LogP contribution is 2.40. The number of methoxy groups -OCH3 is 1. The molecule has 0 spiro atoms. The van der Waals surface area contributed by atoms with Crippen LogP contribution >= 0.6 is 0 Å². The highest BCUT2D eigenvalue weighted by atomic mass is 19.1. The van der Waals surface area contributed by atoms with Gasteiger partial charge >= 0.3 is 0 Å². The van der Waals surface area contributed by atoms with E-state index in [1.54, 1.807) is 32.2 Å². The Labute approximate surface area is 187 Å². The second-order valence-corrected chi connectivity index (χ2v) is 8.29. The molecule has 1 fully saturated rings. The fraction of sp³-hybridized carbons (Fsp3) is 0.360. The average Bonchev–Trinajstić information content (AvgIpc) is 3.19. The Bertz CT molecular complexity index is 1120. The minimum Gasteiger partial charge on any atom is -0.496 e. The number of rotatable bonds is 6. The van der Waals surface area contributed by atoms with Crippen LogP contribution in [0.4, 0.5) is 4.39 Å². The van der Waals surface area contributed by atoms with Crippen LogP contribution in [-0.4, -0.2) is 42.6 Å². The first-order valence-corrected chi connectivity index (χ1v) is 10.8. The molecular weight excluding hydrogens is 409 g/mol. The first-order valence-electron chi connectivity index (χ1n) is 10.8. The van der Waals surface area contributed by atoms with E-state index in [4.69, 9.17) is 9.47 Å². The molecule has 32 heavy (non-hydrogen) atoms. The number of aromatic nitrogens is 2. The number of amides is 1. The summed E-state index contributed by atoms with van der Waals surface area (Å²) in [5.74, 6) is 0.191. The van der Waals surface area contributed by atoms with Gasteiger partial charge in [-0.05, 0) is 44.9 Å². The third-order valence-corrected chi connectivity index (χ3v) is 6.30. The number of benzene rings is 2. The van der Waals surface area contributed by atoms with Gasteiger partial charge in [0.25, 0.3) is 5.91 Å². The lowest BCUT2D eigenvalue weighted by molar-refractivity contribution is 0.0479. The van der Waals surface area contributed by atoms with E-state index in [0.717, 1.165) is 29.7 Å². The van der Waals surface area contributed by atoms with Gasteiger partial charge in [0.2, 0.25) is 0 Å². The number of aryl methyl sites for hydroxylation is 1. The zero-order valence-electron chi connectivity index (χ0n) is 18.7. The third-order valence-electron chi connectivity index (χ3n) is 6.30. The van der Waals surface area contributed by atoms with Crippen LogP contribution in [0.1, 0.15) is 40.0 Å². The van der Waals surface area contributed by atoms with Crippen LogP contribution in [0.3, 0.4) is 0 Å². The maximum atomic E-state index is 14.2. The van der Waals surface area contributed by atoms with Crippen molar-refractivity contribution in [1.29, 1.82) is 0 Å². The summed E-state index contributed by atoms with van der Waals surface area (Å²) in [6.07, 6.45) is 3.04. The summed E-state index contributed by atoms with van der Waals surface area (Å²) in [6, 6.07) is 12.5. The molecule has 1 aliphatic rings. The van der Waals surface area contributed by atoms with Crippen molar-refractivity contribution < 1.29 is 18.7 Å². The highest BCUT2D eigenvalue weighted by Gasteiger charge is 2.37. The molecular formula is C25H28FN3O3. The lowest BCUT2D eigenvalue weighted by atomic mass is 9.73. The molecule has 0 saturated carbocycles. The van der Waals surface area contributed by atoms with Crippen LogP contribution in [-0.2, 0) is 10.2 Å². The molecule has 0 unspecified atom stereocenters. The fourth-order valence-corrected chi connectivity index (χ4v) is 4.38. The summed E-state index contributed by atoms with van der Waals surface area (Å²) < 4.78 is 26.9. The number of para-hydroxylation sites is 1. The lowest BCUT2D eigenvalue weighted by Crippen LogP contribution is -2.45. The van der Waals surface area contributed by atoms with Crippen LogP contribution in [0.25, 0.3) is 5.69 Å². The Kier molecular flexibility index (Phi) is 6.28. The average molecular weight is 438 g/mol. The molecule has 168 valence electrons. The van der Waals surface area contributed by atoms with Gasteiger partial charge in [0.15, 0.2) is 0 Å². The Hall–Kier alpha value is -3.19. The van der Waals surface area contributed by atoms with E-state index in [2.05, 4.69) is 23.4 Å². The molecule has 0 atom stereocenters. The number of carbonyl (C=O) groups is 1. The normalized spacial score (nSPS) is 15.4. The molecule has 6 nitrogen and oxygen atoms in total. The van der Waals surface area contributed by atoms with E-state index in [0.29, 0.717) is 36.7 Å². The van der Waals surface area contributed by atoms with Crippen LogP contribution in [0.2, 0.25) is 0 Å². The van der Waals surface area contributed by atoms with Crippen LogP contribution in [0.15, 0.2) is 48.7 Å². The minimum atomic E-state index is -0.390. The maximum absolute atomic E-state index is 14.2. The lowest BCUT2D eigenvalue weighted by Gasteiger charge is -2.38.